The van der Waals surface area contributed by atoms with Gasteiger partial charge in [0, 0.05) is 39.3 Å². The summed E-state index contributed by atoms with van der Waals surface area (Å²) in [7, 11) is 0. The Labute approximate surface area is 116 Å². The molecule has 1 aliphatic rings. The molecule has 0 atom stereocenters. The SMILES string of the molecule is CCCNc1cnc(CN2CCN(CC)CC2)cn1. The smallest absolute Gasteiger partial charge is 0.144 e. The van der Waals surface area contributed by atoms with Crippen LogP contribution in [0.5, 0.6) is 0 Å². The van der Waals surface area contributed by atoms with Crippen molar-refractivity contribution in [2.75, 3.05) is 44.6 Å². The fraction of sp³-hybridized carbons (Fsp3) is 0.714. The first-order valence-electron chi connectivity index (χ1n) is 7.31. The van der Waals surface area contributed by atoms with Gasteiger partial charge in [-0.05, 0) is 13.0 Å². The van der Waals surface area contributed by atoms with Crippen LogP contribution in [-0.2, 0) is 6.54 Å². The lowest BCUT2D eigenvalue weighted by Gasteiger charge is -2.33. The molecule has 0 aliphatic carbocycles. The zero-order chi connectivity index (χ0) is 13.5. The molecule has 0 unspecified atom stereocenters. The van der Waals surface area contributed by atoms with Crippen LogP contribution < -0.4 is 5.32 Å². The van der Waals surface area contributed by atoms with Gasteiger partial charge in [-0.3, -0.25) is 9.88 Å². The molecule has 1 saturated heterocycles. The summed E-state index contributed by atoms with van der Waals surface area (Å²) in [6.07, 6.45) is 4.84. The van der Waals surface area contributed by atoms with Crippen LogP contribution in [0.3, 0.4) is 0 Å². The molecule has 19 heavy (non-hydrogen) atoms. The topological polar surface area (TPSA) is 44.3 Å². The summed E-state index contributed by atoms with van der Waals surface area (Å²) in [5, 5.41) is 3.24. The predicted molar refractivity (Wildman–Crippen MR) is 78.2 cm³/mol. The van der Waals surface area contributed by atoms with Gasteiger partial charge in [-0.2, -0.15) is 0 Å². The van der Waals surface area contributed by atoms with Gasteiger partial charge in [0.05, 0.1) is 18.1 Å². The predicted octanol–water partition coefficient (Wildman–Crippen LogP) is 1.44. The summed E-state index contributed by atoms with van der Waals surface area (Å²) in [6.45, 7) is 12.0. The van der Waals surface area contributed by atoms with Gasteiger partial charge in [-0.25, -0.2) is 4.98 Å². The molecule has 0 aromatic carbocycles. The average Bonchev–Trinajstić information content (AvgIpc) is 2.47. The van der Waals surface area contributed by atoms with Gasteiger partial charge in [0.15, 0.2) is 0 Å². The Morgan fingerprint density at radius 2 is 1.79 bits per heavy atom. The largest absolute Gasteiger partial charge is 0.369 e. The summed E-state index contributed by atoms with van der Waals surface area (Å²) < 4.78 is 0. The van der Waals surface area contributed by atoms with Crippen molar-refractivity contribution < 1.29 is 0 Å². The number of aromatic nitrogens is 2. The van der Waals surface area contributed by atoms with E-state index >= 15 is 0 Å². The quantitative estimate of drug-likeness (QED) is 0.841. The van der Waals surface area contributed by atoms with Crippen LogP contribution in [-0.4, -0.2) is 59.0 Å². The maximum atomic E-state index is 4.48. The van der Waals surface area contributed by atoms with Gasteiger partial charge in [0.25, 0.3) is 0 Å². The molecule has 1 aromatic rings. The molecule has 106 valence electrons. The van der Waals surface area contributed by atoms with Crippen molar-refractivity contribution in [3.63, 3.8) is 0 Å². The summed E-state index contributed by atoms with van der Waals surface area (Å²) in [6, 6.07) is 0. The van der Waals surface area contributed by atoms with Crippen LogP contribution in [0.1, 0.15) is 26.0 Å². The normalized spacial score (nSPS) is 17.6. The van der Waals surface area contributed by atoms with Crippen molar-refractivity contribution in [1.82, 2.24) is 19.8 Å². The van der Waals surface area contributed by atoms with E-state index in [0.717, 1.165) is 50.7 Å². The molecule has 0 amide bonds. The minimum atomic E-state index is 0.876. The first kappa shape index (κ1) is 14.2. The zero-order valence-corrected chi connectivity index (χ0v) is 12.1. The Morgan fingerprint density at radius 1 is 1.05 bits per heavy atom. The fourth-order valence-electron chi connectivity index (χ4n) is 2.27. The highest BCUT2D eigenvalue weighted by Crippen LogP contribution is 2.07. The zero-order valence-electron chi connectivity index (χ0n) is 12.1. The van der Waals surface area contributed by atoms with Crippen molar-refractivity contribution >= 4 is 5.82 Å². The van der Waals surface area contributed by atoms with Gasteiger partial charge in [0.2, 0.25) is 0 Å². The van der Waals surface area contributed by atoms with E-state index in [1.54, 1.807) is 0 Å². The van der Waals surface area contributed by atoms with Gasteiger partial charge < -0.3 is 10.2 Å². The monoisotopic (exact) mass is 263 g/mol. The third-order valence-corrected chi connectivity index (χ3v) is 3.56. The highest BCUT2D eigenvalue weighted by atomic mass is 15.3. The second-order valence-electron chi connectivity index (χ2n) is 5.03. The highest BCUT2D eigenvalue weighted by molar-refractivity contribution is 5.30. The molecule has 0 saturated carbocycles. The molecule has 1 N–H and O–H groups in total. The molecule has 5 heteroatoms. The number of piperazine rings is 1. The highest BCUT2D eigenvalue weighted by Gasteiger charge is 2.15. The van der Waals surface area contributed by atoms with Crippen molar-refractivity contribution in [3.05, 3.63) is 18.1 Å². The Morgan fingerprint density at radius 3 is 2.37 bits per heavy atom. The lowest BCUT2D eigenvalue weighted by Crippen LogP contribution is -2.45. The number of hydrogen-bond donors (Lipinski definition) is 1. The fourth-order valence-corrected chi connectivity index (χ4v) is 2.27. The minimum absolute atomic E-state index is 0.876. The third kappa shape index (κ3) is 4.44. The molecular formula is C14H25N5. The maximum Gasteiger partial charge on any atom is 0.144 e. The molecule has 0 spiro atoms. The Balaban J connectivity index is 1.79. The molecule has 2 heterocycles. The second-order valence-corrected chi connectivity index (χ2v) is 5.03. The molecular weight excluding hydrogens is 238 g/mol. The Bertz CT molecular complexity index is 357. The number of likely N-dealkylation sites (N-methyl/N-ethyl adjacent to an activating group) is 1. The lowest BCUT2D eigenvalue weighted by atomic mass is 10.3. The molecule has 1 aliphatic heterocycles. The maximum absolute atomic E-state index is 4.48. The number of nitrogens with zero attached hydrogens (tertiary/aromatic N) is 4. The van der Waals surface area contributed by atoms with Crippen LogP contribution in [0.2, 0.25) is 0 Å². The lowest BCUT2D eigenvalue weighted by molar-refractivity contribution is 0.130. The van der Waals surface area contributed by atoms with E-state index in [0.29, 0.717) is 0 Å². The molecule has 5 nitrogen and oxygen atoms in total. The summed E-state index contributed by atoms with van der Waals surface area (Å²) >= 11 is 0. The van der Waals surface area contributed by atoms with Crippen LogP contribution >= 0.6 is 0 Å². The molecule has 1 aromatic heterocycles. The van der Waals surface area contributed by atoms with Gasteiger partial charge >= 0.3 is 0 Å². The van der Waals surface area contributed by atoms with Crippen molar-refractivity contribution in [2.45, 2.75) is 26.8 Å². The number of nitrogens with one attached hydrogen (secondary N) is 1. The van der Waals surface area contributed by atoms with Crippen molar-refractivity contribution in [3.8, 4) is 0 Å². The third-order valence-electron chi connectivity index (χ3n) is 3.56. The molecule has 0 radical (unpaired) electrons. The van der Waals surface area contributed by atoms with E-state index < -0.39 is 0 Å². The number of anilines is 1. The van der Waals surface area contributed by atoms with E-state index in [4.69, 9.17) is 0 Å². The van der Waals surface area contributed by atoms with E-state index in [-0.39, 0.29) is 0 Å². The van der Waals surface area contributed by atoms with Crippen LogP contribution in [0.4, 0.5) is 5.82 Å². The van der Waals surface area contributed by atoms with Crippen LogP contribution in [0.15, 0.2) is 12.4 Å². The van der Waals surface area contributed by atoms with E-state index in [1.165, 1.54) is 13.1 Å². The summed E-state index contributed by atoms with van der Waals surface area (Å²) in [5.74, 6) is 0.876. The Hall–Kier alpha value is -1.20. The number of rotatable bonds is 6. The standard InChI is InChI=1S/C14H25N5/c1-3-5-15-14-11-16-13(10-17-14)12-19-8-6-18(4-2)7-9-19/h10-11H,3-9,12H2,1-2H3,(H,15,17). The van der Waals surface area contributed by atoms with Gasteiger partial charge in [0.1, 0.15) is 5.82 Å². The second kappa shape index (κ2) is 7.40. The number of hydrogen-bond acceptors (Lipinski definition) is 5. The first-order chi connectivity index (χ1) is 9.31. The van der Waals surface area contributed by atoms with Crippen molar-refractivity contribution in [2.24, 2.45) is 0 Å². The minimum Gasteiger partial charge on any atom is -0.369 e. The van der Waals surface area contributed by atoms with Gasteiger partial charge in [-0.1, -0.05) is 13.8 Å². The average molecular weight is 263 g/mol. The van der Waals surface area contributed by atoms with Crippen LogP contribution in [0.25, 0.3) is 0 Å². The van der Waals surface area contributed by atoms with Crippen molar-refractivity contribution in [1.29, 1.82) is 0 Å². The Kier molecular flexibility index (Phi) is 5.54. The molecule has 0 bridgehead atoms. The van der Waals surface area contributed by atoms with Crippen LogP contribution in [0, 0.1) is 0 Å². The summed E-state index contributed by atoms with van der Waals surface area (Å²) in [4.78, 5) is 13.8. The molecule has 2 rings (SSSR count). The van der Waals surface area contributed by atoms with E-state index in [9.17, 15) is 0 Å². The van der Waals surface area contributed by atoms with E-state index in [2.05, 4.69) is 38.9 Å². The summed E-state index contributed by atoms with van der Waals surface area (Å²) in [5.41, 5.74) is 1.06. The van der Waals surface area contributed by atoms with E-state index in [1.807, 2.05) is 12.4 Å². The first-order valence-corrected chi connectivity index (χ1v) is 7.31. The molecule has 1 fully saturated rings. The van der Waals surface area contributed by atoms with Gasteiger partial charge in [-0.15, -0.1) is 0 Å².